The third-order valence-corrected chi connectivity index (χ3v) is 4.69. The molecule has 2 aromatic heterocycles. The molecule has 21 heavy (non-hydrogen) atoms. The van der Waals surface area contributed by atoms with Crippen LogP contribution in [0.5, 0.6) is 0 Å². The van der Waals surface area contributed by atoms with Gasteiger partial charge in [-0.1, -0.05) is 18.2 Å². The van der Waals surface area contributed by atoms with Crippen molar-refractivity contribution in [1.29, 1.82) is 0 Å². The highest BCUT2D eigenvalue weighted by Crippen LogP contribution is 2.22. The largest absolute Gasteiger partial charge is 0.302 e. The predicted molar refractivity (Wildman–Crippen MR) is 87.6 cm³/mol. The molecule has 3 aromatic rings. The van der Waals surface area contributed by atoms with Crippen molar-refractivity contribution in [2.24, 2.45) is 0 Å². The number of aryl methyl sites for hydroxylation is 2. The molecule has 0 aliphatic heterocycles. The van der Waals surface area contributed by atoms with E-state index in [4.69, 9.17) is 0 Å². The van der Waals surface area contributed by atoms with Crippen molar-refractivity contribution in [3.05, 3.63) is 62.6 Å². The lowest BCUT2D eigenvalue weighted by atomic mass is 10.2. The van der Waals surface area contributed by atoms with Crippen LogP contribution in [0.1, 0.15) is 18.3 Å². The fraction of sp³-hybridized carbons (Fsp3) is 0.250. The van der Waals surface area contributed by atoms with Gasteiger partial charge in [0.15, 0.2) is 0 Å². The van der Waals surface area contributed by atoms with Crippen molar-refractivity contribution in [1.82, 2.24) is 14.3 Å². The van der Waals surface area contributed by atoms with Gasteiger partial charge in [-0.2, -0.15) is 5.10 Å². The molecule has 0 aliphatic carbocycles. The molecule has 3 rings (SSSR count). The first-order valence-electron chi connectivity index (χ1n) is 6.92. The molecule has 0 saturated carbocycles. The lowest BCUT2D eigenvalue weighted by Gasteiger charge is -2.11. The topological polar surface area (TPSA) is 39.8 Å². The van der Waals surface area contributed by atoms with Gasteiger partial charge in [-0.05, 0) is 47.3 Å². The Balaban J connectivity index is 2.19. The van der Waals surface area contributed by atoms with E-state index in [-0.39, 0.29) is 5.56 Å². The summed E-state index contributed by atoms with van der Waals surface area (Å²) in [6.07, 6.45) is 0. The second kappa shape index (κ2) is 5.48. The Bertz CT molecular complexity index is 864. The predicted octanol–water partition coefficient (Wildman–Crippen LogP) is 3.34. The van der Waals surface area contributed by atoms with E-state index in [2.05, 4.69) is 21.0 Å². The number of hydrogen-bond acceptors (Lipinski definition) is 2. The summed E-state index contributed by atoms with van der Waals surface area (Å²) in [4.78, 5) is 12.3. The third-order valence-electron chi connectivity index (χ3n) is 3.66. The van der Waals surface area contributed by atoms with Crippen molar-refractivity contribution in [3.63, 3.8) is 0 Å². The summed E-state index contributed by atoms with van der Waals surface area (Å²) in [5.74, 6) is 0. The molecular weight excluding hydrogens is 330 g/mol. The minimum absolute atomic E-state index is 0.00195. The Morgan fingerprint density at radius 2 is 1.95 bits per heavy atom. The first kappa shape index (κ1) is 14.1. The van der Waals surface area contributed by atoms with Crippen LogP contribution in [-0.4, -0.2) is 14.3 Å². The summed E-state index contributed by atoms with van der Waals surface area (Å²) in [6, 6.07) is 11.4. The van der Waals surface area contributed by atoms with Gasteiger partial charge in [-0.3, -0.25) is 9.48 Å². The molecule has 0 unspecified atom stereocenters. The van der Waals surface area contributed by atoms with Crippen molar-refractivity contribution >= 4 is 26.8 Å². The highest BCUT2D eigenvalue weighted by Gasteiger charge is 2.14. The second-order valence-corrected chi connectivity index (χ2v) is 5.77. The summed E-state index contributed by atoms with van der Waals surface area (Å²) in [6.45, 7) is 5.30. The first-order valence-corrected chi connectivity index (χ1v) is 7.71. The Hall–Kier alpha value is -1.88. The highest BCUT2D eigenvalue weighted by atomic mass is 79.9. The lowest BCUT2D eigenvalue weighted by molar-refractivity contribution is 0.596. The minimum atomic E-state index is 0.00195. The van der Waals surface area contributed by atoms with Crippen LogP contribution >= 0.6 is 15.9 Å². The highest BCUT2D eigenvalue weighted by molar-refractivity contribution is 9.10. The van der Waals surface area contributed by atoms with E-state index in [0.29, 0.717) is 6.54 Å². The molecule has 0 bridgehead atoms. The van der Waals surface area contributed by atoms with Crippen molar-refractivity contribution < 1.29 is 0 Å². The van der Waals surface area contributed by atoms with Crippen molar-refractivity contribution in [2.75, 3.05) is 0 Å². The Morgan fingerprint density at radius 1 is 1.19 bits per heavy atom. The summed E-state index contributed by atoms with van der Waals surface area (Å²) in [5.41, 5.74) is 2.91. The summed E-state index contributed by atoms with van der Waals surface area (Å²) in [7, 11) is 0. The van der Waals surface area contributed by atoms with E-state index >= 15 is 0 Å². The number of benzene rings is 1. The maximum Gasteiger partial charge on any atom is 0.251 e. The Morgan fingerprint density at radius 3 is 2.71 bits per heavy atom. The van der Waals surface area contributed by atoms with Gasteiger partial charge in [0.2, 0.25) is 0 Å². The molecule has 0 fully saturated rings. The fourth-order valence-corrected chi connectivity index (χ4v) is 2.99. The molecule has 0 N–H and O–H groups in total. The van der Waals surface area contributed by atoms with Gasteiger partial charge in [0.1, 0.15) is 0 Å². The fourth-order valence-electron chi connectivity index (χ4n) is 2.58. The van der Waals surface area contributed by atoms with E-state index < -0.39 is 0 Å². The van der Waals surface area contributed by atoms with E-state index in [9.17, 15) is 4.79 Å². The van der Waals surface area contributed by atoms with Crippen LogP contribution in [0.15, 0.2) is 45.7 Å². The molecule has 1 aromatic carbocycles. The van der Waals surface area contributed by atoms with Gasteiger partial charge < -0.3 is 4.57 Å². The normalized spacial score (nSPS) is 11.2. The summed E-state index contributed by atoms with van der Waals surface area (Å²) >= 11 is 3.59. The number of aromatic nitrogens is 3. The molecule has 108 valence electrons. The molecule has 0 saturated heterocycles. The van der Waals surface area contributed by atoms with E-state index in [1.165, 1.54) is 0 Å². The third kappa shape index (κ3) is 2.42. The molecule has 5 heteroatoms. The van der Waals surface area contributed by atoms with Crippen LogP contribution < -0.4 is 5.56 Å². The Labute approximate surface area is 131 Å². The van der Waals surface area contributed by atoms with Crippen LogP contribution in [0, 0.1) is 6.92 Å². The van der Waals surface area contributed by atoms with E-state index in [1.807, 2.05) is 48.9 Å². The van der Waals surface area contributed by atoms with E-state index in [1.54, 1.807) is 10.6 Å². The number of hydrogen-bond donors (Lipinski definition) is 0. The van der Waals surface area contributed by atoms with Gasteiger partial charge in [0, 0.05) is 12.6 Å². The number of nitrogens with zero attached hydrogens (tertiary/aromatic N) is 3. The molecule has 0 atom stereocenters. The van der Waals surface area contributed by atoms with Gasteiger partial charge in [-0.25, -0.2) is 0 Å². The zero-order valence-corrected chi connectivity index (χ0v) is 13.6. The number of fused-ring (bicyclic) bond motifs is 1. The van der Waals surface area contributed by atoms with Crippen LogP contribution in [0.25, 0.3) is 10.9 Å². The van der Waals surface area contributed by atoms with Crippen LogP contribution in [0.2, 0.25) is 0 Å². The van der Waals surface area contributed by atoms with Gasteiger partial charge in [0.05, 0.1) is 27.9 Å². The van der Waals surface area contributed by atoms with Crippen LogP contribution in [0.4, 0.5) is 0 Å². The molecular formula is C16H16BrN3O. The Kier molecular flexibility index (Phi) is 3.68. The molecule has 0 spiro atoms. The second-order valence-electron chi connectivity index (χ2n) is 4.98. The average molecular weight is 346 g/mol. The van der Waals surface area contributed by atoms with E-state index in [0.717, 1.165) is 33.3 Å². The molecule has 0 radical (unpaired) electrons. The van der Waals surface area contributed by atoms with Crippen LogP contribution in [-0.2, 0) is 13.1 Å². The number of pyridine rings is 1. The zero-order valence-electron chi connectivity index (χ0n) is 12.0. The average Bonchev–Trinajstić information content (AvgIpc) is 2.77. The molecule has 2 heterocycles. The minimum Gasteiger partial charge on any atom is -0.302 e. The SMILES string of the molecule is CCn1nc(C)c(Br)c1Cn1c(=O)ccc2ccccc21. The standard InChI is InChI=1S/C16H16BrN3O/c1-3-20-14(16(17)11(2)18-20)10-19-13-7-5-4-6-12(13)8-9-15(19)21/h4-9H,3,10H2,1-2H3. The van der Waals surface area contributed by atoms with Gasteiger partial charge in [-0.15, -0.1) is 0 Å². The smallest absolute Gasteiger partial charge is 0.251 e. The summed E-state index contributed by atoms with van der Waals surface area (Å²) in [5, 5.41) is 5.55. The zero-order chi connectivity index (χ0) is 15.0. The monoisotopic (exact) mass is 345 g/mol. The molecule has 0 amide bonds. The number of rotatable bonds is 3. The lowest BCUT2D eigenvalue weighted by Crippen LogP contribution is -2.21. The number of para-hydroxylation sites is 1. The maximum atomic E-state index is 12.3. The van der Waals surface area contributed by atoms with Crippen molar-refractivity contribution in [3.8, 4) is 0 Å². The molecule has 0 aliphatic rings. The van der Waals surface area contributed by atoms with Gasteiger partial charge in [0.25, 0.3) is 5.56 Å². The van der Waals surface area contributed by atoms with Crippen LogP contribution in [0.3, 0.4) is 0 Å². The quantitative estimate of drug-likeness (QED) is 0.730. The summed E-state index contributed by atoms with van der Waals surface area (Å²) < 4.78 is 4.71. The van der Waals surface area contributed by atoms with Crippen molar-refractivity contribution in [2.45, 2.75) is 26.9 Å². The van der Waals surface area contributed by atoms with Gasteiger partial charge >= 0.3 is 0 Å². The first-order chi connectivity index (χ1) is 10.1. The maximum absolute atomic E-state index is 12.3. The molecule has 4 nitrogen and oxygen atoms in total. The number of halogens is 1.